The highest BCUT2D eigenvalue weighted by atomic mass is 79.9. The lowest BCUT2D eigenvalue weighted by molar-refractivity contribution is 0.270. The van der Waals surface area contributed by atoms with Crippen LogP contribution in [-0.2, 0) is 6.42 Å². The SMILES string of the molecule is CCNC(Cc1ccc(F)c(Br)c1)C(C)(C)C. The lowest BCUT2D eigenvalue weighted by Crippen LogP contribution is -2.41. The van der Waals surface area contributed by atoms with Gasteiger partial charge in [-0.2, -0.15) is 0 Å². The normalized spacial score (nSPS) is 13.8. The molecule has 1 aromatic rings. The second-order valence-corrected chi connectivity index (χ2v) is 6.28. The van der Waals surface area contributed by atoms with Crippen LogP contribution >= 0.6 is 15.9 Å². The van der Waals surface area contributed by atoms with E-state index in [-0.39, 0.29) is 11.2 Å². The van der Waals surface area contributed by atoms with E-state index in [0.717, 1.165) is 18.5 Å². The molecule has 1 aromatic carbocycles. The van der Waals surface area contributed by atoms with Gasteiger partial charge in [0.1, 0.15) is 5.82 Å². The van der Waals surface area contributed by atoms with E-state index in [1.54, 1.807) is 0 Å². The molecule has 96 valence electrons. The Labute approximate surface area is 112 Å². The van der Waals surface area contributed by atoms with Crippen molar-refractivity contribution >= 4 is 15.9 Å². The van der Waals surface area contributed by atoms with Gasteiger partial charge in [-0.25, -0.2) is 4.39 Å². The van der Waals surface area contributed by atoms with Crippen LogP contribution in [0.1, 0.15) is 33.3 Å². The van der Waals surface area contributed by atoms with Crippen molar-refractivity contribution in [3.8, 4) is 0 Å². The number of halogens is 2. The van der Waals surface area contributed by atoms with Crippen LogP contribution in [0.3, 0.4) is 0 Å². The summed E-state index contributed by atoms with van der Waals surface area (Å²) >= 11 is 3.23. The molecule has 0 saturated heterocycles. The molecule has 1 atom stereocenters. The fourth-order valence-electron chi connectivity index (χ4n) is 1.83. The smallest absolute Gasteiger partial charge is 0.137 e. The monoisotopic (exact) mass is 301 g/mol. The van der Waals surface area contributed by atoms with Gasteiger partial charge in [0.05, 0.1) is 4.47 Å². The number of hydrogen-bond donors (Lipinski definition) is 1. The first-order valence-corrected chi connectivity index (χ1v) is 6.81. The number of rotatable bonds is 4. The minimum absolute atomic E-state index is 0.191. The summed E-state index contributed by atoms with van der Waals surface area (Å²) in [4.78, 5) is 0. The maximum Gasteiger partial charge on any atom is 0.137 e. The standard InChI is InChI=1S/C14H21BrFN/c1-5-17-13(14(2,3)4)9-10-6-7-12(16)11(15)8-10/h6-8,13,17H,5,9H2,1-4H3. The topological polar surface area (TPSA) is 12.0 Å². The van der Waals surface area contributed by atoms with Crippen molar-refractivity contribution in [2.45, 2.75) is 40.2 Å². The van der Waals surface area contributed by atoms with Crippen LogP contribution in [0.5, 0.6) is 0 Å². The van der Waals surface area contributed by atoms with E-state index in [1.807, 2.05) is 12.1 Å². The van der Waals surface area contributed by atoms with E-state index in [4.69, 9.17) is 0 Å². The highest BCUT2D eigenvalue weighted by molar-refractivity contribution is 9.10. The summed E-state index contributed by atoms with van der Waals surface area (Å²) in [6.07, 6.45) is 0.913. The van der Waals surface area contributed by atoms with Gasteiger partial charge in [0.15, 0.2) is 0 Å². The third-order valence-electron chi connectivity index (χ3n) is 2.92. The molecule has 1 rings (SSSR count). The molecule has 0 heterocycles. The summed E-state index contributed by atoms with van der Waals surface area (Å²) in [5.74, 6) is -0.204. The highest BCUT2D eigenvalue weighted by Crippen LogP contribution is 2.24. The fraction of sp³-hybridized carbons (Fsp3) is 0.571. The van der Waals surface area contributed by atoms with Crippen LogP contribution in [0.25, 0.3) is 0 Å². The molecule has 1 nitrogen and oxygen atoms in total. The summed E-state index contributed by atoms with van der Waals surface area (Å²) in [7, 11) is 0. The Hall–Kier alpha value is -0.410. The van der Waals surface area contributed by atoms with Gasteiger partial charge in [-0.15, -0.1) is 0 Å². The van der Waals surface area contributed by atoms with Crippen molar-refractivity contribution < 1.29 is 4.39 Å². The molecule has 1 N–H and O–H groups in total. The number of likely N-dealkylation sites (N-methyl/N-ethyl adjacent to an activating group) is 1. The van der Waals surface area contributed by atoms with Crippen LogP contribution < -0.4 is 5.32 Å². The third-order valence-corrected chi connectivity index (χ3v) is 3.53. The van der Waals surface area contributed by atoms with Gasteiger partial charge >= 0.3 is 0 Å². The van der Waals surface area contributed by atoms with Crippen molar-refractivity contribution in [2.24, 2.45) is 5.41 Å². The van der Waals surface area contributed by atoms with E-state index in [2.05, 4.69) is 48.9 Å². The summed E-state index contributed by atoms with van der Waals surface area (Å²) in [6.45, 7) is 9.72. The molecule has 3 heteroatoms. The van der Waals surface area contributed by atoms with Gasteiger partial charge in [0.2, 0.25) is 0 Å². The van der Waals surface area contributed by atoms with Crippen molar-refractivity contribution in [1.29, 1.82) is 0 Å². The van der Waals surface area contributed by atoms with Crippen LogP contribution in [0.15, 0.2) is 22.7 Å². The predicted octanol–water partition coefficient (Wildman–Crippen LogP) is 4.15. The number of benzene rings is 1. The van der Waals surface area contributed by atoms with Gasteiger partial charge in [-0.05, 0) is 52.0 Å². The highest BCUT2D eigenvalue weighted by Gasteiger charge is 2.23. The zero-order valence-corrected chi connectivity index (χ0v) is 12.6. The van der Waals surface area contributed by atoms with Crippen LogP contribution in [0.4, 0.5) is 4.39 Å². The molecule has 0 radical (unpaired) electrons. The Morgan fingerprint density at radius 3 is 2.47 bits per heavy atom. The molecule has 0 saturated carbocycles. The van der Waals surface area contributed by atoms with E-state index in [9.17, 15) is 4.39 Å². The van der Waals surface area contributed by atoms with Crippen LogP contribution in [0.2, 0.25) is 0 Å². The lowest BCUT2D eigenvalue weighted by Gasteiger charge is -2.31. The Balaban J connectivity index is 2.82. The van der Waals surface area contributed by atoms with E-state index < -0.39 is 0 Å². The van der Waals surface area contributed by atoms with Crippen molar-refractivity contribution in [1.82, 2.24) is 5.32 Å². The van der Waals surface area contributed by atoms with Gasteiger partial charge in [0.25, 0.3) is 0 Å². The second-order valence-electron chi connectivity index (χ2n) is 5.43. The molecule has 0 spiro atoms. The average Bonchev–Trinajstić information content (AvgIpc) is 2.21. The largest absolute Gasteiger partial charge is 0.313 e. The maximum absolute atomic E-state index is 13.2. The van der Waals surface area contributed by atoms with E-state index >= 15 is 0 Å². The molecule has 0 aliphatic rings. The predicted molar refractivity (Wildman–Crippen MR) is 74.7 cm³/mol. The first-order valence-electron chi connectivity index (χ1n) is 6.02. The first-order chi connectivity index (χ1) is 7.84. The van der Waals surface area contributed by atoms with Crippen molar-refractivity contribution in [3.63, 3.8) is 0 Å². The zero-order chi connectivity index (χ0) is 13.1. The summed E-state index contributed by atoms with van der Waals surface area (Å²) in [5.41, 5.74) is 1.34. The molecule has 0 amide bonds. The molecule has 0 aliphatic heterocycles. The Morgan fingerprint density at radius 2 is 2.00 bits per heavy atom. The second kappa shape index (κ2) is 5.96. The van der Waals surface area contributed by atoms with E-state index in [1.165, 1.54) is 6.07 Å². The Kier molecular flexibility index (Phi) is 5.14. The van der Waals surface area contributed by atoms with Gasteiger partial charge in [-0.1, -0.05) is 33.8 Å². The van der Waals surface area contributed by atoms with Gasteiger partial charge < -0.3 is 5.32 Å². The molecule has 0 fully saturated rings. The Bertz CT molecular complexity index is 371. The van der Waals surface area contributed by atoms with Crippen LogP contribution in [-0.4, -0.2) is 12.6 Å². The minimum Gasteiger partial charge on any atom is -0.313 e. The molecule has 1 unspecified atom stereocenters. The average molecular weight is 302 g/mol. The molecule has 0 aromatic heterocycles. The minimum atomic E-state index is -0.204. The zero-order valence-electron chi connectivity index (χ0n) is 11.0. The molecular formula is C14H21BrFN. The molecule has 0 bridgehead atoms. The summed E-state index contributed by atoms with van der Waals surface area (Å²) < 4.78 is 13.7. The fourth-order valence-corrected chi connectivity index (χ4v) is 2.26. The quantitative estimate of drug-likeness (QED) is 0.881. The lowest BCUT2D eigenvalue weighted by atomic mass is 9.83. The van der Waals surface area contributed by atoms with E-state index in [0.29, 0.717) is 10.5 Å². The number of nitrogens with one attached hydrogen (secondary N) is 1. The summed E-state index contributed by atoms with van der Waals surface area (Å²) in [5, 5.41) is 3.50. The number of hydrogen-bond acceptors (Lipinski definition) is 1. The summed E-state index contributed by atoms with van der Waals surface area (Å²) in [6, 6.07) is 5.64. The van der Waals surface area contributed by atoms with Gasteiger partial charge in [0, 0.05) is 6.04 Å². The van der Waals surface area contributed by atoms with Crippen LogP contribution in [0, 0.1) is 11.2 Å². The van der Waals surface area contributed by atoms with Crippen molar-refractivity contribution in [2.75, 3.05) is 6.54 Å². The molecular weight excluding hydrogens is 281 g/mol. The first kappa shape index (κ1) is 14.7. The maximum atomic E-state index is 13.2. The third kappa shape index (κ3) is 4.40. The Morgan fingerprint density at radius 1 is 1.35 bits per heavy atom. The van der Waals surface area contributed by atoms with Crippen molar-refractivity contribution in [3.05, 3.63) is 34.1 Å². The molecule has 0 aliphatic carbocycles. The van der Waals surface area contributed by atoms with Gasteiger partial charge in [-0.3, -0.25) is 0 Å². The molecule has 17 heavy (non-hydrogen) atoms.